The minimum atomic E-state index is -0.399. The molecule has 0 saturated carbocycles. The molecule has 20 heavy (non-hydrogen) atoms. The average molecular weight is 270 g/mol. The Morgan fingerprint density at radius 2 is 1.90 bits per heavy atom. The quantitative estimate of drug-likeness (QED) is 0.662. The molecule has 3 N–H and O–H groups in total. The minimum Gasteiger partial charge on any atom is -0.465 e. The molecule has 0 saturated heterocycles. The number of nitrogens with one attached hydrogen (secondary N) is 1. The highest BCUT2D eigenvalue weighted by Gasteiger charge is 2.13. The van der Waals surface area contributed by atoms with Crippen LogP contribution in [0, 0.1) is 6.92 Å². The van der Waals surface area contributed by atoms with Crippen molar-refractivity contribution in [2.75, 3.05) is 18.2 Å². The van der Waals surface area contributed by atoms with Gasteiger partial charge < -0.3 is 15.8 Å². The number of anilines is 2. The summed E-state index contributed by atoms with van der Waals surface area (Å²) in [6.07, 6.45) is 0. The molecule has 4 heteroatoms. The molecule has 2 aromatic rings. The van der Waals surface area contributed by atoms with E-state index in [1.807, 2.05) is 31.2 Å². The molecule has 0 aliphatic carbocycles. The molecular formula is C16H18N2O2. The van der Waals surface area contributed by atoms with Crippen molar-refractivity contribution < 1.29 is 9.53 Å². The van der Waals surface area contributed by atoms with Crippen LogP contribution in [0.3, 0.4) is 0 Å². The van der Waals surface area contributed by atoms with Crippen molar-refractivity contribution in [1.29, 1.82) is 0 Å². The highest BCUT2D eigenvalue weighted by molar-refractivity contribution is 5.98. The summed E-state index contributed by atoms with van der Waals surface area (Å²) >= 11 is 0. The van der Waals surface area contributed by atoms with Crippen molar-refractivity contribution in [3.05, 3.63) is 59.2 Å². The molecular weight excluding hydrogens is 252 g/mol. The summed E-state index contributed by atoms with van der Waals surface area (Å²) in [6, 6.07) is 13.4. The summed E-state index contributed by atoms with van der Waals surface area (Å²) in [5.74, 6) is -0.399. The van der Waals surface area contributed by atoms with Crippen molar-refractivity contribution in [3.8, 4) is 0 Å². The number of carbonyl (C=O) groups excluding carboxylic acids is 1. The van der Waals surface area contributed by atoms with Gasteiger partial charge in [-0.25, -0.2) is 4.79 Å². The zero-order valence-corrected chi connectivity index (χ0v) is 11.6. The highest BCUT2D eigenvalue weighted by Crippen LogP contribution is 2.24. The number of para-hydroxylation sites is 1. The lowest BCUT2D eigenvalue weighted by atomic mass is 10.1. The third-order valence-corrected chi connectivity index (χ3v) is 3.09. The Morgan fingerprint density at radius 1 is 1.20 bits per heavy atom. The number of benzene rings is 2. The van der Waals surface area contributed by atoms with Crippen LogP contribution in [0.25, 0.3) is 0 Å². The number of aryl methyl sites for hydroxylation is 1. The van der Waals surface area contributed by atoms with Gasteiger partial charge in [-0.2, -0.15) is 0 Å². The van der Waals surface area contributed by atoms with Gasteiger partial charge in [-0.1, -0.05) is 35.9 Å². The van der Waals surface area contributed by atoms with Gasteiger partial charge in [0, 0.05) is 6.54 Å². The number of esters is 1. The van der Waals surface area contributed by atoms with Gasteiger partial charge in [-0.3, -0.25) is 0 Å². The average Bonchev–Trinajstić information content (AvgIpc) is 2.46. The molecule has 0 unspecified atom stereocenters. The standard InChI is InChI=1S/C16H18N2O2/c1-11-6-8-12(9-7-11)10-18-15-13(16(19)20-2)4-3-5-14(15)17/h3-9,18H,10,17H2,1-2H3. The molecule has 0 spiro atoms. The largest absolute Gasteiger partial charge is 0.465 e. The fourth-order valence-electron chi connectivity index (χ4n) is 1.94. The lowest BCUT2D eigenvalue weighted by Crippen LogP contribution is -2.10. The van der Waals surface area contributed by atoms with E-state index in [9.17, 15) is 4.79 Å². The van der Waals surface area contributed by atoms with Crippen LogP contribution in [-0.4, -0.2) is 13.1 Å². The number of nitrogens with two attached hydrogens (primary N) is 1. The number of hydrogen-bond donors (Lipinski definition) is 2. The third-order valence-electron chi connectivity index (χ3n) is 3.09. The van der Waals surface area contributed by atoms with E-state index >= 15 is 0 Å². The molecule has 0 aliphatic rings. The fourth-order valence-corrected chi connectivity index (χ4v) is 1.94. The van der Waals surface area contributed by atoms with Crippen molar-refractivity contribution in [2.45, 2.75) is 13.5 Å². The summed E-state index contributed by atoms with van der Waals surface area (Å²) < 4.78 is 4.77. The maximum absolute atomic E-state index is 11.7. The molecule has 104 valence electrons. The maximum atomic E-state index is 11.7. The number of rotatable bonds is 4. The van der Waals surface area contributed by atoms with Gasteiger partial charge in [0.05, 0.1) is 24.0 Å². The predicted octanol–water partition coefficient (Wildman–Crippen LogP) is 2.98. The van der Waals surface area contributed by atoms with Gasteiger partial charge in [-0.05, 0) is 24.6 Å². The first kappa shape index (κ1) is 13.9. The van der Waals surface area contributed by atoms with Gasteiger partial charge in [0.2, 0.25) is 0 Å². The van der Waals surface area contributed by atoms with Crippen LogP contribution in [0.5, 0.6) is 0 Å². The van der Waals surface area contributed by atoms with Crippen molar-refractivity contribution in [2.24, 2.45) is 0 Å². The molecule has 0 heterocycles. The molecule has 0 fully saturated rings. The van der Waals surface area contributed by atoms with E-state index in [4.69, 9.17) is 10.5 Å². The van der Waals surface area contributed by atoms with Gasteiger partial charge in [-0.15, -0.1) is 0 Å². The second kappa shape index (κ2) is 6.10. The Labute approximate surface area is 118 Å². The van der Waals surface area contributed by atoms with E-state index in [1.165, 1.54) is 12.7 Å². The van der Waals surface area contributed by atoms with Crippen LogP contribution in [-0.2, 0) is 11.3 Å². The van der Waals surface area contributed by atoms with Crippen LogP contribution >= 0.6 is 0 Å². The third kappa shape index (κ3) is 3.09. The summed E-state index contributed by atoms with van der Waals surface area (Å²) in [4.78, 5) is 11.7. The molecule has 0 atom stereocenters. The fraction of sp³-hybridized carbons (Fsp3) is 0.188. The first-order valence-electron chi connectivity index (χ1n) is 6.38. The number of methoxy groups -OCH3 is 1. The van der Waals surface area contributed by atoms with Crippen LogP contribution in [0.1, 0.15) is 21.5 Å². The van der Waals surface area contributed by atoms with Gasteiger partial charge in [0.15, 0.2) is 0 Å². The Kier molecular flexibility index (Phi) is 4.25. The monoisotopic (exact) mass is 270 g/mol. The van der Waals surface area contributed by atoms with Crippen LogP contribution < -0.4 is 11.1 Å². The predicted molar refractivity (Wildman–Crippen MR) is 80.7 cm³/mol. The van der Waals surface area contributed by atoms with Gasteiger partial charge >= 0.3 is 5.97 Å². The van der Waals surface area contributed by atoms with Crippen LogP contribution in [0.4, 0.5) is 11.4 Å². The summed E-state index contributed by atoms with van der Waals surface area (Å²) in [5.41, 5.74) is 9.85. The van der Waals surface area contributed by atoms with E-state index in [2.05, 4.69) is 5.32 Å². The lowest BCUT2D eigenvalue weighted by Gasteiger charge is -2.13. The number of nitrogen functional groups attached to an aromatic ring is 1. The molecule has 0 bridgehead atoms. The topological polar surface area (TPSA) is 64.3 Å². The SMILES string of the molecule is COC(=O)c1cccc(N)c1NCc1ccc(C)cc1. The van der Waals surface area contributed by atoms with Crippen molar-refractivity contribution in [3.63, 3.8) is 0 Å². The van der Waals surface area contributed by atoms with E-state index in [0.29, 0.717) is 23.5 Å². The molecule has 0 amide bonds. The molecule has 2 aromatic carbocycles. The maximum Gasteiger partial charge on any atom is 0.340 e. The second-order valence-corrected chi connectivity index (χ2v) is 4.60. The van der Waals surface area contributed by atoms with E-state index < -0.39 is 5.97 Å². The van der Waals surface area contributed by atoms with Gasteiger partial charge in [0.25, 0.3) is 0 Å². The smallest absolute Gasteiger partial charge is 0.340 e. The zero-order chi connectivity index (χ0) is 14.5. The van der Waals surface area contributed by atoms with Crippen LogP contribution in [0.2, 0.25) is 0 Å². The van der Waals surface area contributed by atoms with Gasteiger partial charge in [0.1, 0.15) is 0 Å². The normalized spacial score (nSPS) is 10.1. The Morgan fingerprint density at radius 3 is 2.55 bits per heavy atom. The summed E-state index contributed by atoms with van der Waals surface area (Å²) in [5, 5.41) is 3.21. The molecule has 0 aromatic heterocycles. The summed E-state index contributed by atoms with van der Waals surface area (Å²) in [7, 11) is 1.36. The first-order valence-corrected chi connectivity index (χ1v) is 6.38. The van der Waals surface area contributed by atoms with Crippen molar-refractivity contribution >= 4 is 17.3 Å². The van der Waals surface area contributed by atoms with E-state index in [-0.39, 0.29) is 0 Å². The highest BCUT2D eigenvalue weighted by atomic mass is 16.5. The lowest BCUT2D eigenvalue weighted by molar-refractivity contribution is 0.0602. The van der Waals surface area contributed by atoms with E-state index in [1.54, 1.807) is 18.2 Å². The number of ether oxygens (including phenoxy) is 1. The number of hydrogen-bond acceptors (Lipinski definition) is 4. The molecule has 4 nitrogen and oxygen atoms in total. The Balaban J connectivity index is 2.20. The molecule has 0 aliphatic heterocycles. The van der Waals surface area contributed by atoms with Crippen molar-refractivity contribution in [1.82, 2.24) is 0 Å². The first-order chi connectivity index (χ1) is 9.61. The van der Waals surface area contributed by atoms with E-state index in [0.717, 1.165) is 5.56 Å². The minimum absolute atomic E-state index is 0.399. The zero-order valence-electron chi connectivity index (χ0n) is 11.6. The molecule has 2 rings (SSSR count). The Hall–Kier alpha value is -2.49. The Bertz CT molecular complexity index is 606. The number of carbonyl (C=O) groups is 1. The molecule has 0 radical (unpaired) electrons. The second-order valence-electron chi connectivity index (χ2n) is 4.60. The summed E-state index contributed by atoms with van der Waals surface area (Å²) in [6.45, 7) is 2.64. The van der Waals surface area contributed by atoms with Crippen LogP contribution in [0.15, 0.2) is 42.5 Å².